The fraction of sp³-hybridized carbons (Fsp3) is 0.125. The molecule has 0 atom stereocenters. The van der Waals surface area contributed by atoms with Gasteiger partial charge in [0.2, 0.25) is 0 Å². The molecular weight excluding hydrogens is 255 g/mol. The molecule has 3 N–H and O–H groups in total. The number of benzene rings is 2. The number of hydrogen-bond donors (Lipinski definition) is 2. The van der Waals surface area contributed by atoms with Crippen molar-refractivity contribution in [2.45, 2.75) is 13.2 Å². The molecule has 1 aromatic heterocycles. The van der Waals surface area contributed by atoms with Crippen LogP contribution in [-0.2, 0) is 13.2 Å². The lowest BCUT2D eigenvalue weighted by Crippen LogP contribution is -1.96. The number of aromatic nitrogens is 1. The van der Waals surface area contributed by atoms with Crippen molar-refractivity contribution in [3.05, 3.63) is 65.6 Å². The fourth-order valence-corrected chi connectivity index (χ4v) is 2.20. The maximum absolute atomic E-state index is 13.1. The average Bonchev–Trinajstić information content (AvgIpc) is 2.87. The standard InChI is InChI=1S/C16H15FN2O/c17-13-2-1-3-14(7-13)20-10-12-9-19-16-6-11(8-18)4-5-15(12)16/h1-7,9,19H,8,10,18H2. The molecular formula is C16H15FN2O. The van der Waals surface area contributed by atoms with Crippen molar-refractivity contribution in [3.8, 4) is 5.75 Å². The second-order valence-electron chi connectivity index (χ2n) is 4.64. The highest BCUT2D eigenvalue weighted by atomic mass is 19.1. The van der Waals surface area contributed by atoms with Crippen molar-refractivity contribution in [1.82, 2.24) is 4.98 Å². The summed E-state index contributed by atoms with van der Waals surface area (Å²) in [6, 6.07) is 12.2. The summed E-state index contributed by atoms with van der Waals surface area (Å²) in [5.41, 5.74) is 8.77. The summed E-state index contributed by atoms with van der Waals surface area (Å²) in [6.45, 7) is 0.912. The zero-order valence-corrected chi connectivity index (χ0v) is 10.9. The Morgan fingerprint density at radius 3 is 2.85 bits per heavy atom. The van der Waals surface area contributed by atoms with E-state index in [0.717, 1.165) is 22.0 Å². The van der Waals surface area contributed by atoms with Crippen LogP contribution in [0.2, 0.25) is 0 Å². The summed E-state index contributed by atoms with van der Waals surface area (Å²) in [5, 5.41) is 1.10. The second kappa shape index (κ2) is 5.35. The Balaban J connectivity index is 1.81. The van der Waals surface area contributed by atoms with Gasteiger partial charge >= 0.3 is 0 Å². The van der Waals surface area contributed by atoms with Crippen molar-refractivity contribution in [3.63, 3.8) is 0 Å². The average molecular weight is 270 g/mol. The van der Waals surface area contributed by atoms with Crippen molar-refractivity contribution in [2.24, 2.45) is 5.73 Å². The number of H-pyrrole nitrogens is 1. The van der Waals surface area contributed by atoms with E-state index in [9.17, 15) is 4.39 Å². The predicted octanol–water partition coefficient (Wildman–Crippen LogP) is 3.34. The SMILES string of the molecule is NCc1ccc2c(COc3cccc(F)c3)c[nH]c2c1. The summed E-state index contributed by atoms with van der Waals surface area (Å²) < 4.78 is 18.7. The third-order valence-corrected chi connectivity index (χ3v) is 3.26. The number of fused-ring (bicyclic) bond motifs is 1. The van der Waals surface area contributed by atoms with Crippen LogP contribution in [0.5, 0.6) is 5.75 Å². The lowest BCUT2D eigenvalue weighted by atomic mass is 10.1. The summed E-state index contributed by atoms with van der Waals surface area (Å²) in [4.78, 5) is 3.20. The Morgan fingerprint density at radius 1 is 1.15 bits per heavy atom. The molecule has 0 fully saturated rings. The second-order valence-corrected chi connectivity index (χ2v) is 4.64. The quantitative estimate of drug-likeness (QED) is 0.764. The molecule has 20 heavy (non-hydrogen) atoms. The molecule has 0 aliphatic carbocycles. The first-order chi connectivity index (χ1) is 9.76. The molecule has 2 aromatic carbocycles. The Bertz CT molecular complexity index is 736. The van der Waals surface area contributed by atoms with E-state index < -0.39 is 0 Å². The third-order valence-electron chi connectivity index (χ3n) is 3.26. The lowest BCUT2D eigenvalue weighted by molar-refractivity contribution is 0.306. The summed E-state index contributed by atoms with van der Waals surface area (Å²) in [6.07, 6.45) is 1.91. The molecule has 0 saturated carbocycles. The maximum atomic E-state index is 13.1. The first kappa shape index (κ1) is 12.7. The van der Waals surface area contributed by atoms with E-state index in [0.29, 0.717) is 18.9 Å². The van der Waals surface area contributed by atoms with Gasteiger partial charge in [0.05, 0.1) is 0 Å². The monoisotopic (exact) mass is 270 g/mol. The number of hydrogen-bond acceptors (Lipinski definition) is 2. The van der Waals surface area contributed by atoms with Crippen LogP contribution in [0.1, 0.15) is 11.1 Å². The van der Waals surface area contributed by atoms with Crippen molar-refractivity contribution in [2.75, 3.05) is 0 Å². The molecule has 0 spiro atoms. The summed E-state index contributed by atoms with van der Waals surface area (Å²) in [5.74, 6) is 0.229. The van der Waals surface area contributed by atoms with E-state index in [1.165, 1.54) is 12.1 Å². The van der Waals surface area contributed by atoms with Gasteiger partial charge in [-0.05, 0) is 23.8 Å². The van der Waals surface area contributed by atoms with Crippen LogP contribution >= 0.6 is 0 Å². The third kappa shape index (κ3) is 2.51. The Morgan fingerprint density at radius 2 is 2.05 bits per heavy atom. The minimum absolute atomic E-state index is 0.297. The molecule has 0 bridgehead atoms. The molecule has 3 rings (SSSR count). The van der Waals surface area contributed by atoms with Gasteiger partial charge in [-0.3, -0.25) is 0 Å². The van der Waals surface area contributed by atoms with Crippen LogP contribution in [0.3, 0.4) is 0 Å². The fourth-order valence-electron chi connectivity index (χ4n) is 2.20. The van der Waals surface area contributed by atoms with Gasteiger partial charge in [0, 0.05) is 35.3 Å². The topological polar surface area (TPSA) is 51.0 Å². The number of aromatic amines is 1. The van der Waals surface area contributed by atoms with E-state index >= 15 is 0 Å². The molecule has 0 aliphatic heterocycles. The molecule has 3 aromatic rings. The molecule has 0 unspecified atom stereocenters. The van der Waals surface area contributed by atoms with Crippen LogP contribution < -0.4 is 10.5 Å². The molecule has 0 amide bonds. The Kier molecular flexibility index (Phi) is 3.39. The van der Waals surface area contributed by atoms with Crippen LogP contribution in [-0.4, -0.2) is 4.98 Å². The van der Waals surface area contributed by atoms with Gasteiger partial charge in [-0.1, -0.05) is 18.2 Å². The highest BCUT2D eigenvalue weighted by Crippen LogP contribution is 2.22. The van der Waals surface area contributed by atoms with E-state index in [4.69, 9.17) is 10.5 Å². The smallest absolute Gasteiger partial charge is 0.126 e. The van der Waals surface area contributed by atoms with E-state index in [1.807, 2.05) is 24.4 Å². The van der Waals surface area contributed by atoms with Crippen LogP contribution in [0.25, 0.3) is 10.9 Å². The van der Waals surface area contributed by atoms with Crippen molar-refractivity contribution in [1.29, 1.82) is 0 Å². The minimum Gasteiger partial charge on any atom is -0.489 e. The van der Waals surface area contributed by atoms with Crippen LogP contribution in [0.15, 0.2) is 48.7 Å². The van der Waals surface area contributed by atoms with Crippen LogP contribution in [0, 0.1) is 5.82 Å². The molecule has 102 valence electrons. The normalized spacial score (nSPS) is 10.9. The first-order valence-electron chi connectivity index (χ1n) is 6.43. The van der Waals surface area contributed by atoms with Gasteiger partial charge in [0.25, 0.3) is 0 Å². The number of ether oxygens (including phenoxy) is 1. The largest absolute Gasteiger partial charge is 0.489 e. The number of nitrogens with one attached hydrogen (secondary N) is 1. The number of halogens is 1. The Labute approximate surface area is 116 Å². The van der Waals surface area contributed by atoms with E-state index in [-0.39, 0.29) is 5.82 Å². The van der Waals surface area contributed by atoms with Crippen LogP contribution in [0.4, 0.5) is 4.39 Å². The number of rotatable bonds is 4. The molecule has 1 heterocycles. The first-order valence-corrected chi connectivity index (χ1v) is 6.43. The Hall–Kier alpha value is -2.33. The number of nitrogens with two attached hydrogens (primary N) is 1. The molecule has 0 aliphatic rings. The zero-order chi connectivity index (χ0) is 13.9. The highest BCUT2D eigenvalue weighted by Gasteiger charge is 2.05. The van der Waals surface area contributed by atoms with Crippen molar-refractivity contribution < 1.29 is 9.13 Å². The molecule has 0 saturated heterocycles. The zero-order valence-electron chi connectivity index (χ0n) is 10.9. The minimum atomic E-state index is -0.297. The van der Waals surface area contributed by atoms with Crippen molar-refractivity contribution >= 4 is 10.9 Å². The van der Waals surface area contributed by atoms with Gasteiger partial charge < -0.3 is 15.5 Å². The summed E-state index contributed by atoms with van der Waals surface area (Å²) in [7, 11) is 0. The summed E-state index contributed by atoms with van der Waals surface area (Å²) >= 11 is 0. The van der Waals surface area contributed by atoms with E-state index in [2.05, 4.69) is 4.98 Å². The highest BCUT2D eigenvalue weighted by molar-refractivity contribution is 5.83. The lowest BCUT2D eigenvalue weighted by Gasteiger charge is -2.05. The van der Waals surface area contributed by atoms with Gasteiger partial charge in [0.15, 0.2) is 0 Å². The maximum Gasteiger partial charge on any atom is 0.126 e. The van der Waals surface area contributed by atoms with Gasteiger partial charge in [0.1, 0.15) is 18.2 Å². The van der Waals surface area contributed by atoms with Gasteiger partial charge in [-0.2, -0.15) is 0 Å². The molecule has 4 heteroatoms. The molecule has 0 radical (unpaired) electrons. The predicted molar refractivity (Wildman–Crippen MR) is 76.9 cm³/mol. The van der Waals surface area contributed by atoms with E-state index in [1.54, 1.807) is 12.1 Å². The molecule has 3 nitrogen and oxygen atoms in total. The van der Waals surface area contributed by atoms with Gasteiger partial charge in [-0.25, -0.2) is 4.39 Å². The van der Waals surface area contributed by atoms with Gasteiger partial charge in [-0.15, -0.1) is 0 Å².